The summed E-state index contributed by atoms with van der Waals surface area (Å²) in [5.74, 6) is -0.351. The van der Waals surface area contributed by atoms with E-state index in [1.54, 1.807) is 6.92 Å². The van der Waals surface area contributed by atoms with Gasteiger partial charge < -0.3 is 14.7 Å². The van der Waals surface area contributed by atoms with Crippen LogP contribution in [0, 0.1) is 0 Å². The Labute approximate surface area is 348 Å². The van der Waals surface area contributed by atoms with Crippen molar-refractivity contribution in [3.8, 4) is 44.5 Å². The van der Waals surface area contributed by atoms with E-state index >= 15 is 0 Å². The first kappa shape index (κ1) is 38.1. The van der Waals surface area contributed by atoms with Crippen molar-refractivity contribution >= 4 is 52.3 Å². The number of nitrogens with one attached hydrogen (secondary N) is 2. The van der Waals surface area contributed by atoms with Crippen molar-refractivity contribution in [2.75, 3.05) is 6.61 Å². The zero-order valence-electron chi connectivity index (χ0n) is 32.0. The molecule has 0 unspecified atom stereocenters. The van der Waals surface area contributed by atoms with Gasteiger partial charge in [0.05, 0.1) is 29.4 Å². The van der Waals surface area contributed by atoms with Crippen molar-refractivity contribution in [1.82, 2.24) is 19.9 Å². The van der Waals surface area contributed by atoms with Crippen molar-refractivity contribution in [2.24, 2.45) is 0 Å². The summed E-state index contributed by atoms with van der Waals surface area (Å²) in [6, 6.07) is 48.6. The summed E-state index contributed by atoms with van der Waals surface area (Å²) in [7, 11) is 0. The predicted molar refractivity (Wildman–Crippen MR) is 235 cm³/mol. The van der Waals surface area contributed by atoms with Crippen molar-refractivity contribution in [1.29, 1.82) is 0 Å². The monoisotopic (exact) mass is 796 g/mol. The first-order chi connectivity index (χ1) is 28.0. The fourth-order valence-electron chi connectivity index (χ4n) is 7.64. The van der Waals surface area contributed by atoms with Gasteiger partial charge >= 0.3 is 5.97 Å². The second kappa shape index (κ2) is 16.7. The molecule has 0 amide bonds. The summed E-state index contributed by atoms with van der Waals surface area (Å²) in [4.78, 5) is 30.3. The molecule has 2 aliphatic rings. The van der Waals surface area contributed by atoms with Crippen molar-refractivity contribution < 1.29 is 26.6 Å². The number of H-pyrrole nitrogens is 2. The Bertz CT molecular complexity index is 2840. The summed E-state index contributed by atoms with van der Waals surface area (Å²) in [5, 5.41) is 0. The molecule has 5 heterocycles. The van der Waals surface area contributed by atoms with Gasteiger partial charge in [0, 0.05) is 67.0 Å². The Balaban J connectivity index is 0.00000469. The normalized spacial score (nSPS) is 11.6. The van der Waals surface area contributed by atoms with Crippen LogP contribution in [0.3, 0.4) is 0 Å². The number of carbonyl (C=O) groups excluding carboxylic acids is 1. The van der Waals surface area contributed by atoms with E-state index < -0.39 is 0 Å². The third-order valence-corrected chi connectivity index (χ3v) is 10.4. The van der Waals surface area contributed by atoms with Crippen LogP contribution < -0.4 is 0 Å². The van der Waals surface area contributed by atoms with Gasteiger partial charge in [-0.05, 0) is 96.2 Å². The molecular formula is C51H40FeN4O2. The summed E-state index contributed by atoms with van der Waals surface area (Å²) in [6.07, 6.45) is 9.99. The number of hydrogen-bond donors (Lipinski definition) is 2. The van der Waals surface area contributed by atoms with E-state index in [4.69, 9.17) is 14.7 Å². The first-order valence-electron chi connectivity index (χ1n) is 19.2. The molecule has 8 bridgehead atoms. The van der Waals surface area contributed by atoms with Crippen LogP contribution in [0.15, 0.2) is 152 Å². The molecule has 284 valence electrons. The zero-order chi connectivity index (χ0) is 38.7. The van der Waals surface area contributed by atoms with Gasteiger partial charge in [-0.1, -0.05) is 122 Å². The van der Waals surface area contributed by atoms with Crippen LogP contribution in [0.5, 0.6) is 0 Å². The van der Waals surface area contributed by atoms with E-state index in [0.717, 1.165) is 108 Å². The molecule has 7 aromatic rings. The summed E-state index contributed by atoms with van der Waals surface area (Å²) in [6.45, 7) is 5.69. The van der Waals surface area contributed by atoms with E-state index in [2.05, 4.69) is 162 Å². The molecule has 0 aliphatic carbocycles. The number of rotatable bonds is 9. The largest absolute Gasteiger partial charge is 0.462 e. The van der Waals surface area contributed by atoms with Crippen LogP contribution in [0.2, 0.25) is 0 Å². The standard InChI is InChI=1S/C51H40N4O2.Fe/c1-33(2)51(56)57-32-12-13-34-20-22-38(23-21-34)50-45-30-28-43(54-45)48(36-16-8-4-9-17-36)41-26-24-39(52-41)47(35-14-6-3-7-15-35)40-25-27-42(53-40)49(37-18-10-5-11-19-37)44-29-31-46(50)55-44;/h3-11,14-31,52,55H,1,12-13,32H2,2H3;. The molecule has 0 atom stereocenters. The molecule has 0 fully saturated rings. The van der Waals surface area contributed by atoms with Gasteiger partial charge in [0.2, 0.25) is 0 Å². The number of aromatic nitrogens is 4. The molecule has 7 heteroatoms. The maximum absolute atomic E-state index is 11.9. The second-order valence-electron chi connectivity index (χ2n) is 14.3. The van der Waals surface area contributed by atoms with E-state index in [0.29, 0.717) is 12.2 Å². The summed E-state index contributed by atoms with van der Waals surface area (Å²) in [5.41, 5.74) is 17.2. The summed E-state index contributed by atoms with van der Waals surface area (Å²) >= 11 is 0. The van der Waals surface area contributed by atoms with Gasteiger partial charge in [-0.2, -0.15) is 0 Å². The van der Waals surface area contributed by atoms with Crippen LogP contribution in [-0.2, 0) is 33.0 Å². The Morgan fingerprint density at radius 3 is 1.21 bits per heavy atom. The quantitative estimate of drug-likeness (QED) is 0.0659. The number of aromatic amines is 2. The average Bonchev–Trinajstić information content (AvgIpc) is 4.09. The van der Waals surface area contributed by atoms with Gasteiger partial charge in [0.15, 0.2) is 0 Å². The minimum atomic E-state index is -0.351. The Kier molecular flexibility index (Phi) is 11.0. The van der Waals surface area contributed by atoms with Crippen LogP contribution >= 0.6 is 0 Å². The fraction of sp³-hybridized carbons (Fsp3) is 0.0784. The molecule has 0 spiro atoms. The van der Waals surface area contributed by atoms with Crippen LogP contribution in [0.25, 0.3) is 90.9 Å². The predicted octanol–water partition coefficient (Wildman–Crippen LogP) is 12.4. The number of benzene rings is 4. The Hall–Kier alpha value is -6.79. The van der Waals surface area contributed by atoms with E-state index in [-0.39, 0.29) is 23.0 Å². The molecule has 0 saturated carbocycles. The smallest absolute Gasteiger partial charge is 0.333 e. The van der Waals surface area contributed by atoms with Crippen molar-refractivity contribution in [3.63, 3.8) is 0 Å². The number of aryl methyl sites for hydroxylation is 1. The van der Waals surface area contributed by atoms with Gasteiger partial charge in [-0.15, -0.1) is 0 Å². The van der Waals surface area contributed by atoms with Crippen molar-refractivity contribution in [2.45, 2.75) is 19.8 Å². The number of nitrogens with zero attached hydrogens (tertiary/aromatic N) is 2. The number of carbonyl (C=O) groups is 1. The van der Waals surface area contributed by atoms with Crippen LogP contribution in [-0.4, -0.2) is 32.5 Å². The molecule has 58 heavy (non-hydrogen) atoms. The maximum Gasteiger partial charge on any atom is 0.333 e. The van der Waals surface area contributed by atoms with E-state index in [1.165, 1.54) is 0 Å². The minimum absolute atomic E-state index is 0. The molecule has 4 aromatic carbocycles. The third-order valence-electron chi connectivity index (χ3n) is 10.4. The SMILES string of the molecule is C=C(C)C(=O)OCCCc1ccc(-c2c3nc(c(-c4ccccc4)c4ccc([nH]4)c(-c4ccccc4)c4nc(c(-c5ccccc5)c5ccc2[nH]5)C=C4)C=C3)cc1.[Fe]. The Morgan fingerprint density at radius 1 is 0.517 bits per heavy atom. The van der Waals surface area contributed by atoms with E-state index in [1.807, 2.05) is 18.2 Å². The summed E-state index contributed by atoms with van der Waals surface area (Å²) < 4.78 is 5.33. The first-order valence-corrected chi connectivity index (χ1v) is 19.2. The number of fused-ring (bicyclic) bond motifs is 8. The molecule has 6 nitrogen and oxygen atoms in total. The second-order valence-corrected chi connectivity index (χ2v) is 14.3. The minimum Gasteiger partial charge on any atom is -0.462 e. The maximum atomic E-state index is 11.9. The third kappa shape index (κ3) is 7.66. The number of esters is 1. The topological polar surface area (TPSA) is 83.7 Å². The molecule has 2 aliphatic heterocycles. The van der Waals surface area contributed by atoms with E-state index in [9.17, 15) is 4.79 Å². The number of hydrogen-bond acceptors (Lipinski definition) is 4. The zero-order valence-corrected chi connectivity index (χ0v) is 33.1. The van der Waals surface area contributed by atoms with Crippen molar-refractivity contribution in [3.05, 3.63) is 180 Å². The number of ether oxygens (including phenoxy) is 1. The van der Waals surface area contributed by atoms with Gasteiger partial charge in [0.1, 0.15) is 0 Å². The molecule has 3 aromatic heterocycles. The average molecular weight is 797 g/mol. The molecular weight excluding hydrogens is 756 g/mol. The molecule has 0 saturated heterocycles. The van der Waals surface area contributed by atoms with Crippen LogP contribution in [0.4, 0.5) is 0 Å². The molecule has 2 N–H and O–H groups in total. The van der Waals surface area contributed by atoms with Gasteiger partial charge in [-0.3, -0.25) is 0 Å². The van der Waals surface area contributed by atoms with Gasteiger partial charge in [0.25, 0.3) is 0 Å². The molecule has 0 radical (unpaired) electrons. The Morgan fingerprint density at radius 2 is 0.862 bits per heavy atom. The molecule has 9 rings (SSSR count). The van der Waals surface area contributed by atoms with Gasteiger partial charge in [-0.25, -0.2) is 14.8 Å². The van der Waals surface area contributed by atoms with Crippen LogP contribution in [0.1, 0.15) is 41.7 Å². The fourth-order valence-corrected chi connectivity index (χ4v) is 7.64.